The zero-order chi connectivity index (χ0) is 14.0. The average molecular weight is 261 g/mol. The summed E-state index contributed by atoms with van der Waals surface area (Å²) in [5, 5.41) is 23.7. The number of nitro benzene ring substituents is 1. The molecule has 0 atom stereocenters. The summed E-state index contributed by atoms with van der Waals surface area (Å²) < 4.78 is 1.13. The molecular weight excluding hydrogens is 250 g/mol. The standard InChI is InChI=1S/C12H11N3O4/c1-14-12(17)9(7-16)6-11(13-14)8-2-4-10(5-3-8)15(18)19/h2-6,16H,7H2,1H3. The van der Waals surface area contributed by atoms with Gasteiger partial charge in [0, 0.05) is 30.3 Å². The van der Waals surface area contributed by atoms with Crippen LogP contribution in [0.2, 0.25) is 0 Å². The van der Waals surface area contributed by atoms with Gasteiger partial charge >= 0.3 is 0 Å². The van der Waals surface area contributed by atoms with Crippen LogP contribution >= 0.6 is 0 Å². The summed E-state index contributed by atoms with van der Waals surface area (Å²) in [7, 11) is 1.48. The summed E-state index contributed by atoms with van der Waals surface area (Å²) in [6.45, 7) is -0.380. The molecular formula is C12H11N3O4. The van der Waals surface area contributed by atoms with Gasteiger partial charge in [-0.05, 0) is 18.2 Å². The minimum Gasteiger partial charge on any atom is -0.391 e. The Morgan fingerprint density at radius 3 is 2.53 bits per heavy atom. The molecule has 0 radical (unpaired) electrons. The van der Waals surface area contributed by atoms with Crippen LogP contribution < -0.4 is 5.56 Å². The van der Waals surface area contributed by atoms with E-state index < -0.39 is 4.92 Å². The Balaban J connectivity index is 2.50. The number of rotatable bonds is 3. The Labute approximate surface area is 107 Å². The second kappa shape index (κ2) is 4.99. The molecule has 0 saturated heterocycles. The number of nitro groups is 1. The highest BCUT2D eigenvalue weighted by atomic mass is 16.6. The van der Waals surface area contributed by atoms with Gasteiger partial charge < -0.3 is 5.11 Å². The fourth-order valence-electron chi connectivity index (χ4n) is 1.68. The van der Waals surface area contributed by atoms with Crippen molar-refractivity contribution in [2.24, 2.45) is 7.05 Å². The summed E-state index contributed by atoms with van der Waals surface area (Å²) in [6, 6.07) is 7.29. The van der Waals surface area contributed by atoms with Crippen LogP contribution in [-0.2, 0) is 13.7 Å². The number of aliphatic hydroxyl groups excluding tert-OH is 1. The van der Waals surface area contributed by atoms with Crippen LogP contribution in [-0.4, -0.2) is 19.8 Å². The van der Waals surface area contributed by atoms with Gasteiger partial charge in [-0.3, -0.25) is 14.9 Å². The number of hydrogen-bond donors (Lipinski definition) is 1. The quantitative estimate of drug-likeness (QED) is 0.652. The summed E-state index contributed by atoms with van der Waals surface area (Å²) in [5.74, 6) is 0. The van der Waals surface area contributed by atoms with Crippen LogP contribution in [0.3, 0.4) is 0 Å². The third-order valence-corrected chi connectivity index (χ3v) is 2.68. The predicted octanol–water partition coefficient (Wildman–Crippen LogP) is 0.848. The van der Waals surface area contributed by atoms with Gasteiger partial charge in [0.25, 0.3) is 11.2 Å². The monoisotopic (exact) mass is 261 g/mol. The molecule has 0 spiro atoms. The number of non-ortho nitro benzene ring substituents is 1. The maximum atomic E-state index is 11.6. The van der Waals surface area contributed by atoms with Gasteiger partial charge in [0.15, 0.2) is 0 Å². The Morgan fingerprint density at radius 2 is 2.00 bits per heavy atom. The maximum Gasteiger partial charge on any atom is 0.272 e. The van der Waals surface area contributed by atoms with Gasteiger partial charge in [-0.25, -0.2) is 4.68 Å². The van der Waals surface area contributed by atoms with E-state index in [-0.39, 0.29) is 23.4 Å². The fourth-order valence-corrected chi connectivity index (χ4v) is 1.68. The summed E-state index contributed by atoms with van der Waals surface area (Å²) in [6.07, 6.45) is 0. The van der Waals surface area contributed by atoms with Crippen molar-refractivity contribution in [2.75, 3.05) is 0 Å². The van der Waals surface area contributed by atoms with Gasteiger partial charge in [0.2, 0.25) is 0 Å². The van der Waals surface area contributed by atoms with E-state index in [1.165, 1.54) is 25.2 Å². The van der Waals surface area contributed by atoms with Crippen molar-refractivity contribution in [3.63, 3.8) is 0 Å². The molecule has 19 heavy (non-hydrogen) atoms. The molecule has 0 saturated carbocycles. The highest BCUT2D eigenvalue weighted by Gasteiger charge is 2.09. The number of nitrogens with zero attached hydrogens (tertiary/aromatic N) is 3. The second-order valence-corrected chi connectivity index (χ2v) is 3.95. The van der Waals surface area contributed by atoms with Gasteiger partial charge in [-0.15, -0.1) is 0 Å². The number of benzene rings is 1. The van der Waals surface area contributed by atoms with E-state index in [1.54, 1.807) is 12.1 Å². The highest BCUT2D eigenvalue weighted by Crippen LogP contribution is 2.20. The van der Waals surface area contributed by atoms with Crippen molar-refractivity contribution in [3.8, 4) is 11.3 Å². The Hall–Kier alpha value is -2.54. The van der Waals surface area contributed by atoms with Crippen molar-refractivity contribution in [3.05, 3.63) is 56.4 Å². The van der Waals surface area contributed by atoms with Crippen molar-refractivity contribution in [2.45, 2.75) is 6.61 Å². The summed E-state index contributed by atoms with van der Waals surface area (Å²) in [5.41, 5.74) is 0.951. The van der Waals surface area contributed by atoms with E-state index in [0.717, 1.165) is 4.68 Å². The van der Waals surface area contributed by atoms with Crippen molar-refractivity contribution in [1.29, 1.82) is 0 Å². The molecule has 1 aromatic carbocycles. The lowest BCUT2D eigenvalue weighted by molar-refractivity contribution is -0.384. The lowest BCUT2D eigenvalue weighted by Crippen LogP contribution is -2.23. The zero-order valence-corrected chi connectivity index (χ0v) is 10.1. The van der Waals surface area contributed by atoms with E-state index in [2.05, 4.69) is 5.10 Å². The first kappa shape index (κ1) is 12.9. The van der Waals surface area contributed by atoms with Crippen LogP contribution in [0.5, 0.6) is 0 Å². The molecule has 0 aliphatic rings. The van der Waals surface area contributed by atoms with Crippen molar-refractivity contribution in [1.82, 2.24) is 9.78 Å². The van der Waals surface area contributed by atoms with Crippen LogP contribution in [0.25, 0.3) is 11.3 Å². The Bertz CT molecular complexity index is 676. The lowest BCUT2D eigenvalue weighted by atomic mass is 10.1. The number of aromatic nitrogens is 2. The zero-order valence-electron chi connectivity index (χ0n) is 10.1. The molecule has 1 N–H and O–H groups in total. The topological polar surface area (TPSA) is 98.3 Å². The van der Waals surface area contributed by atoms with Crippen molar-refractivity contribution < 1.29 is 10.0 Å². The first-order chi connectivity index (χ1) is 9.02. The molecule has 0 fully saturated rings. The largest absolute Gasteiger partial charge is 0.391 e. The van der Waals surface area contributed by atoms with Crippen LogP contribution in [0, 0.1) is 10.1 Å². The van der Waals surface area contributed by atoms with Crippen LogP contribution in [0.4, 0.5) is 5.69 Å². The average Bonchev–Trinajstić information content (AvgIpc) is 2.41. The number of aliphatic hydroxyl groups is 1. The minimum atomic E-state index is -0.489. The maximum absolute atomic E-state index is 11.6. The third kappa shape index (κ3) is 2.50. The SMILES string of the molecule is Cn1nc(-c2ccc([N+](=O)[O-])cc2)cc(CO)c1=O. The first-order valence-corrected chi connectivity index (χ1v) is 5.46. The molecule has 2 rings (SSSR count). The minimum absolute atomic E-state index is 0.0176. The van der Waals surface area contributed by atoms with Crippen LogP contribution in [0.1, 0.15) is 5.56 Å². The molecule has 0 bridgehead atoms. The predicted molar refractivity (Wildman–Crippen MR) is 67.5 cm³/mol. The van der Waals surface area contributed by atoms with Gasteiger partial charge in [0.1, 0.15) is 0 Å². The molecule has 0 unspecified atom stereocenters. The van der Waals surface area contributed by atoms with Gasteiger partial charge in [0.05, 0.1) is 17.2 Å². The van der Waals surface area contributed by atoms with Crippen LogP contribution in [0.15, 0.2) is 35.1 Å². The fraction of sp³-hybridized carbons (Fsp3) is 0.167. The molecule has 2 aromatic rings. The second-order valence-electron chi connectivity index (χ2n) is 3.95. The Morgan fingerprint density at radius 1 is 1.37 bits per heavy atom. The van der Waals surface area contributed by atoms with E-state index in [1.807, 2.05) is 0 Å². The summed E-state index contributed by atoms with van der Waals surface area (Å²) >= 11 is 0. The Kier molecular flexibility index (Phi) is 3.39. The third-order valence-electron chi connectivity index (χ3n) is 2.68. The number of hydrogen-bond acceptors (Lipinski definition) is 5. The van der Waals surface area contributed by atoms with Gasteiger partial charge in [-0.2, -0.15) is 5.10 Å². The van der Waals surface area contributed by atoms with Gasteiger partial charge in [-0.1, -0.05) is 0 Å². The van der Waals surface area contributed by atoms with E-state index >= 15 is 0 Å². The molecule has 1 heterocycles. The normalized spacial score (nSPS) is 10.4. The molecule has 0 aliphatic carbocycles. The molecule has 0 aliphatic heterocycles. The smallest absolute Gasteiger partial charge is 0.272 e. The molecule has 7 nitrogen and oxygen atoms in total. The van der Waals surface area contributed by atoms with E-state index in [0.29, 0.717) is 11.3 Å². The van der Waals surface area contributed by atoms with E-state index in [4.69, 9.17) is 5.11 Å². The van der Waals surface area contributed by atoms with Crippen molar-refractivity contribution >= 4 is 5.69 Å². The van der Waals surface area contributed by atoms with E-state index in [9.17, 15) is 14.9 Å². The first-order valence-electron chi connectivity index (χ1n) is 5.46. The molecule has 98 valence electrons. The number of aryl methyl sites for hydroxylation is 1. The molecule has 1 aromatic heterocycles. The summed E-state index contributed by atoms with van der Waals surface area (Å²) in [4.78, 5) is 21.6. The molecule has 7 heteroatoms. The lowest BCUT2D eigenvalue weighted by Gasteiger charge is -2.05. The molecule has 0 amide bonds. The highest BCUT2D eigenvalue weighted by molar-refractivity contribution is 5.60.